The van der Waals surface area contributed by atoms with E-state index >= 15 is 0 Å². The molecule has 1 N–H and O–H groups in total. The molecule has 1 saturated carbocycles. The van der Waals surface area contributed by atoms with Crippen molar-refractivity contribution in [2.24, 2.45) is 5.41 Å². The second kappa shape index (κ2) is 6.69. The summed E-state index contributed by atoms with van der Waals surface area (Å²) >= 11 is 1.73. The molecule has 0 radical (unpaired) electrons. The average molecular weight is 302 g/mol. The van der Waals surface area contributed by atoms with Crippen LogP contribution in [0.15, 0.2) is 35.7 Å². The van der Waals surface area contributed by atoms with Gasteiger partial charge in [-0.05, 0) is 24.7 Å². The molecular formula is C17H22N2OS. The van der Waals surface area contributed by atoms with Gasteiger partial charge in [0.1, 0.15) is 5.01 Å². The highest BCUT2D eigenvalue weighted by molar-refractivity contribution is 7.09. The molecule has 112 valence electrons. The summed E-state index contributed by atoms with van der Waals surface area (Å²) in [7, 11) is 1.78. The monoisotopic (exact) mass is 302 g/mol. The number of aromatic nitrogens is 1. The van der Waals surface area contributed by atoms with Gasteiger partial charge in [0.05, 0.1) is 5.69 Å². The van der Waals surface area contributed by atoms with Crippen LogP contribution in [0.4, 0.5) is 0 Å². The molecule has 1 aliphatic carbocycles. The number of methoxy groups -OCH3 is 1. The van der Waals surface area contributed by atoms with E-state index in [2.05, 4.69) is 35.0 Å². The Labute approximate surface area is 130 Å². The van der Waals surface area contributed by atoms with E-state index in [1.165, 1.54) is 24.8 Å². The Morgan fingerprint density at radius 3 is 2.81 bits per heavy atom. The summed E-state index contributed by atoms with van der Waals surface area (Å²) < 4.78 is 5.20. The van der Waals surface area contributed by atoms with Gasteiger partial charge < -0.3 is 10.1 Å². The van der Waals surface area contributed by atoms with Crippen LogP contribution in [0.25, 0.3) is 11.3 Å². The molecule has 0 spiro atoms. The molecule has 4 heteroatoms. The first-order chi connectivity index (χ1) is 10.3. The summed E-state index contributed by atoms with van der Waals surface area (Å²) in [5, 5.41) is 6.88. The van der Waals surface area contributed by atoms with Crippen LogP contribution in [0.3, 0.4) is 0 Å². The predicted molar refractivity (Wildman–Crippen MR) is 87.4 cm³/mol. The highest BCUT2D eigenvalue weighted by Crippen LogP contribution is 2.48. The predicted octanol–water partition coefficient (Wildman–Crippen LogP) is 3.72. The molecule has 0 atom stereocenters. The van der Waals surface area contributed by atoms with E-state index in [1.807, 2.05) is 6.07 Å². The van der Waals surface area contributed by atoms with Crippen LogP contribution in [0.1, 0.15) is 24.3 Å². The summed E-state index contributed by atoms with van der Waals surface area (Å²) in [6.45, 7) is 2.82. The molecule has 0 saturated heterocycles. The summed E-state index contributed by atoms with van der Waals surface area (Å²) in [6, 6.07) is 10.4. The Balaban J connectivity index is 1.49. The van der Waals surface area contributed by atoms with Gasteiger partial charge in [-0.3, -0.25) is 0 Å². The van der Waals surface area contributed by atoms with E-state index in [9.17, 15) is 0 Å². The van der Waals surface area contributed by atoms with Crippen LogP contribution in [0.5, 0.6) is 0 Å². The van der Waals surface area contributed by atoms with Gasteiger partial charge in [0.15, 0.2) is 0 Å². The standard InChI is InChI=1S/C17H22N2OS/c1-20-10-9-17(7-8-17)13-18-11-16-19-15(12-21-16)14-5-3-2-4-6-14/h2-6,12,18H,7-11,13H2,1H3. The zero-order valence-electron chi connectivity index (χ0n) is 12.5. The van der Waals surface area contributed by atoms with Crippen LogP contribution in [-0.4, -0.2) is 25.2 Å². The maximum absolute atomic E-state index is 5.20. The third-order valence-corrected chi connectivity index (χ3v) is 5.04. The number of nitrogens with one attached hydrogen (secondary N) is 1. The van der Waals surface area contributed by atoms with Gasteiger partial charge in [0.2, 0.25) is 0 Å². The maximum Gasteiger partial charge on any atom is 0.107 e. The molecule has 0 unspecified atom stereocenters. The molecule has 0 bridgehead atoms. The van der Waals surface area contributed by atoms with Crippen LogP contribution in [0.2, 0.25) is 0 Å². The molecule has 1 fully saturated rings. The van der Waals surface area contributed by atoms with E-state index in [-0.39, 0.29) is 0 Å². The molecule has 1 aromatic heterocycles. The molecule has 1 aliphatic rings. The zero-order valence-corrected chi connectivity index (χ0v) is 13.3. The van der Waals surface area contributed by atoms with Crippen molar-refractivity contribution in [2.75, 3.05) is 20.3 Å². The van der Waals surface area contributed by atoms with Crippen LogP contribution < -0.4 is 5.32 Å². The quantitative estimate of drug-likeness (QED) is 0.807. The minimum absolute atomic E-state index is 0.496. The number of hydrogen-bond donors (Lipinski definition) is 1. The number of thiazole rings is 1. The third kappa shape index (κ3) is 3.90. The Bertz CT molecular complexity index is 563. The lowest BCUT2D eigenvalue weighted by molar-refractivity contribution is 0.171. The van der Waals surface area contributed by atoms with Gasteiger partial charge in [-0.1, -0.05) is 30.3 Å². The van der Waals surface area contributed by atoms with Crippen LogP contribution in [-0.2, 0) is 11.3 Å². The summed E-state index contributed by atoms with van der Waals surface area (Å²) in [5.74, 6) is 0. The average Bonchev–Trinajstić information content (AvgIpc) is 3.13. The zero-order chi connectivity index (χ0) is 14.5. The van der Waals surface area contributed by atoms with Gasteiger partial charge in [0.25, 0.3) is 0 Å². The second-order valence-corrected chi connectivity index (χ2v) is 6.78. The lowest BCUT2D eigenvalue weighted by atomic mass is 10.0. The number of benzene rings is 1. The first-order valence-electron chi connectivity index (χ1n) is 7.51. The van der Waals surface area contributed by atoms with Gasteiger partial charge in [-0.2, -0.15) is 0 Å². The minimum atomic E-state index is 0.496. The van der Waals surface area contributed by atoms with Gasteiger partial charge in [-0.25, -0.2) is 4.98 Å². The number of nitrogens with zero attached hydrogens (tertiary/aromatic N) is 1. The smallest absolute Gasteiger partial charge is 0.107 e. The highest BCUT2D eigenvalue weighted by Gasteiger charge is 2.41. The van der Waals surface area contributed by atoms with Gasteiger partial charge >= 0.3 is 0 Å². The lowest BCUT2D eigenvalue weighted by Crippen LogP contribution is -2.24. The Kier molecular flexibility index (Phi) is 4.68. The van der Waals surface area contributed by atoms with E-state index in [0.717, 1.165) is 30.4 Å². The van der Waals surface area contributed by atoms with E-state index < -0.39 is 0 Å². The number of hydrogen-bond acceptors (Lipinski definition) is 4. The van der Waals surface area contributed by atoms with Gasteiger partial charge in [0, 0.05) is 37.7 Å². The SMILES string of the molecule is COCCC1(CNCc2nc(-c3ccccc3)cs2)CC1. The number of ether oxygens (including phenoxy) is 1. The fraction of sp³-hybridized carbons (Fsp3) is 0.471. The summed E-state index contributed by atoms with van der Waals surface area (Å²) in [6.07, 6.45) is 3.83. The molecule has 1 aromatic carbocycles. The maximum atomic E-state index is 5.20. The van der Waals surface area contributed by atoms with Crippen molar-refractivity contribution < 1.29 is 4.74 Å². The Morgan fingerprint density at radius 1 is 1.29 bits per heavy atom. The fourth-order valence-corrected chi connectivity index (χ4v) is 3.35. The molecule has 21 heavy (non-hydrogen) atoms. The molecular weight excluding hydrogens is 280 g/mol. The number of rotatable bonds is 8. The second-order valence-electron chi connectivity index (χ2n) is 5.84. The topological polar surface area (TPSA) is 34.1 Å². The van der Waals surface area contributed by atoms with Crippen molar-refractivity contribution in [3.63, 3.8) is 0 Å². The molecule has 0 amide bonds. The molecule has 0 aliphatic heterocycles. The first kappa shape index (κ1) is 14.7. The fourth-order valence-electron chi connectivity index (χ4n) is 2.58. The van der Waals surface area contributed by atoms with E-state index in [0.29, 0.717) is 5.41 Å². The largest absolute Gasteiger partial charge is 0.385 e. The van der Waals surface area contributed by atoms with E-state index in [1.54, 1.807) is 18.4 Å². The Hall–Kier alpha value is -1.23. The van der Waals surface area contributed by atoms with Crippen molar-refractivity contribution in [2.45, 2.75) is 25.8 Å². The minimum Gasteiger partial charge on any atom is -0.385 e. The van der Waals surface area contributed by atoms with Gasteiger partial charge in [-0.15, -0.1) is 11.3 Å². The van der Waals surface area contributed by atoms with Crippen LogP contribution in [0, 0.1) is 5.41 Å². The Morgan fingerprint density at radius 2 is 2.10 bits per heavy atom. The molecule has 3 nitrogen and oxygen atoms in total. The summed E-state index contributed by atoms with van der Waals surface area (Å²) in [5.41, 5.74) is 2.77. The molecule has 2 aromatic rings. The van der Waals surface area contributed by atoms with E-state index in [4.69, 9.17) is 9.72 Å². The van der Waals surface area contributed by atoms with Crippen molar-refractivity contribution in [3.05, 3.63) is 40.7 Å². The van der Waals surface area contributed by atoms with Crippen molar-refractivity contribution in [3.8, 4) is 11.3 Å². The normalized spacial score (nSPS) is 16.0. The first-order valence-corrected chi connectivity index (χ1v) is 8.39. The molecule has 3 rings (SSSR count). The van der Waals surface area contributed by atoms with Crippen molar-refractivity contribution in [1.82, 2.24) is 10.3 Å². The lowest BCUT2D eigenvalue weighted by Gasteiger charge is -2.14. The third-order valence-electron chi connectivity index (χ3n) is 4.19. The van der Waals surface area contributed by atoms with Crippen molar-refractivity contribution >= 4 is 11.3 Å². The van der Waals surface area contributed by atoms with Crippen molar-refractivity contribution in [1.29, 1.82) is 0 Å². The van der Waals surface area contributed by atoms with Crippen LogP contribution >= 0.6 is 11.3 Å². The summed E-state index contributed by atoms with van der Waals surface area (Å²) in [4.78, 5) is 4.71. The molecule has 1 heterocycles. The highest BCUT2D eigenvalue weighted by atomic mass is 32.1.